The molecule has 1 amide bonds. The zero-order valence-electron chi connectivity index (χ0n) is 15.2. The van der Waals surface area contributed by atoms with E-state index in [1.807, 2.05) is 24.6 Å². The Bertz CT molecular complexity index is 1130. The Morgan fingerprint density at radius 2 is 2.07 bits per heavy atom. The number of rotatable bonds is 5. The van der Waals surface area contributed by atoms with Crippen LogP contribution in [0.25, 0.3) is 11.0 Å². The van der Waals surface area contributed by atoms with Gasteiger partial charge in [0.25, 0.3) is 5.56 Å². The van der Waals surface area contributed by atoms with Gasteiger partial charge in [-0.25, -0.2) is 9.67 Å². The number of halogens is 1. The number of hydrogen-bond donors (Lipinski definition) is 2. The second kappa shape index (κ2) is 6.49. The summed E-state index contributed by atoms with van der Waals surface area (Å²) in [5.41, 5.74) is 9.60. The van der Waals surface area contributed by atoms with Crippen LogP contribution in [0.3, 0.4) is 0 Å². The molecule has 1 saturated carbocycles. The summed E-state index contributed by atoms with van der Waals surface area (Å²) in [5.74, 6) is -0.565. The van der Waals surface area contributed by atoms with Gasteiger partial charge in [0.2, 0.25) is 5.91 Å². The third kappa shape index (κ3) is 3.23. The van der Waals surface area contributed by atoms with E-state index in [0.29, 0.717) is 35.1 Å². The molecule has 0 aromatic carbocycles. The number of nitrogens with one attached hydrogen (secondary N) is 1. The maximum absolute atomic E-state index is 12.3. The average molecular weight is 386 g/mol. The number of pyridine rings is 2. The fourth-order valence-corrected chi connectivity index (χ4v) is 3.75. The molecule has 0 aliphatic heterocycles. The monoisotopic (exact) mass is 385 g/mol. The number of hydrogen-bond acceptors (Lipinski definition) is 4. The molecule has 7 nitrogen and oxygen atoms in total. The van der Waals surface area contributed by atoms with Crippen molar-refractivity contribution in [1.29, 1.82) is 0 Å². The third-order valence-electron chi connectivity index (χ3n) is 4.97. The third-order valence-corrected chi connectivity index (χ3v) is 5.16. The van der Waals surface area contributed by atoms with Crippen LogP contribution in [0.4, 0.5) is 0 Å². The van der Waals surface area contributed by atoms with Crippen molar-refractivity contribution in [3.05, 3.63) is 55.7 Å². The Morgan fingerprint density at radius 3 is 2.70 bits per heavy atom. The molecule has 3 heterocycles. The van der Waals surface area contributed by atoms with Crippen molar-refractivity contribution < 1.29 is 4.79 Å². The van der Waals surface area contributed by atoms with Crippen LogP contribution in [-0.4, -0.2) is 25.7 Å². The van der Waals surface area contributed by atoms with Crippen LogP contribution >= 0.6 is 11.6 Å². The summed E-state index contributed by atoms with van der Waals surface area (Å²) in [6.45, 7) is 3.78. The fraction of sp³-hybridized carbons (Fsp3) is 0.368. The molecule has 0 radical (unpaired) electrons. The lowest BCUT2D eigenvalue weighted by atomic mass is 10.0. The van der Waals surface area contributed by atoms with Gasteiger partial charge in [-0.2, -0.15) is 5.10 Å². The lowest BCUT2D eigenvalue weighted by Gasteiger charge is -2.06. The van der Waals surface area contributed by atoms with Crippen molar-refractivity contribution in [1.82, 2.24) is 19.7 Å². The first kappa shape index (κ1) is 17.7. The highest BCUT2D eigenvalue weighted by molar-refractivity contribution is 6.30. The molecule has 0 bridgehead atoms. The molecule has 4 rings (SSSR count). The summed E-state index contributed by atoms with van der Waals surface area (Å²) < 4.78 is 1.84. The molecule has 8 heteroatoms. The van der Waals surface area contributed by atoms with Crippen molar-refractivity contribution in [2.75, 3.05) is 0 Å². The molecular formula is C19H20ClN5O2. The van der Waals surface area contributed by atoms with Crippen LogP contribution in [0.2, 0.25) is 5.15 Å². The fourth-order valence-electron chi connectivity index (χ4n) is 3.56. The Balaban J connectivity index is 1.80. The molecule has 3 aromatic rings. The Morgan fingerprint density at radius 1 is 1.33 bits per heavy atom. The van der Waals surface area contributed by atoms with E-state index in [0.717, 1.165) is 29.7 Å². The number of aromatic amines is 1. The van der Waals surface area contributed by atoms with Gasteiger partial charge in [-0.1, -0.05) is 11.6 Å². The number of nitrogens with zero attached hydrogens (tertiary/aromatic N) is 3. The summed E-state index contributed by atoms with van der Waals surface area (Å²) >= 11 is 6.10. The zero-order valence-corrected chi connectivity index (χ0v) is 15.9. The van der Waals surface area contributed by atoms with E-state index in [9.17, 15) is 9.59 Å². The predicted molar refractivity (Wildman–Crippen MR) is 103 cm³/mol. The van der Waals surface area contributed by atoms with Gasteiger partial charge in [0.05, 0.1) is 22.7 Å². The highest BCUT2D eigenvalue weighted by Gasteiger charge is 2.30. The van der Waals surface area contributed by atoms with Gasteiger partial charge in [-0.15, -0.1) is 0 Å². The van der Waals surface area contributed by atoms with Crippen LogP contribution in [-0.2, 0) is 12.8 Å². The second-order valence-electron chi connectivity index (χ2n) is 7.12. The summed E-state index contributed by atoms with van der Waals surface area (Å²) in [6.07, 6.45) is 3.06. The van der Waals surface area contributed by atoms with Gasteiger partial charge in [-0.3, -0.25) is 9.59 Å². The average Bonchev–Trinajstić information content (AvgIpc) is 3.36. The van der Waals surface area contributed by atoms with E-state index >= 15 is 0 Å². The minimum absolute atomic E-state index is 0.0882. The molecule has 1 aliphatic carbocycles. The minimum atomic E-state index is -0.565. The first-order chi connectivity index (χ1) is 12.8. The number of amides is 1. The smallest absolute Gasteiger partial charge is 0.251 e. The highest BCUT2D eigenvalue weighted by Crippen LogP contribution is 2.38. The number of fused-ring (bicyclic) bond motifs is 1. The molecule has 1 fully saturated rings. The molecule has 1 aliphatic rings. The van der Waals surface area contributed by atoms with Gasteiger partial charge < -0.3 is 10.7 Å². The van der Waals surface area contributed by atoms with Crippen molar-refractivity contribution >= 4 is 28.5 Å². The zero-order chi connectivity index (χ0) is 19.3. The summed E-state index contributed by atoms with van der Waals surface area (Å²) in [5, 5.41) is 5.56. The van der Waals surface area contributed by atoms with E-state index < -0.39 is 5.91 Å². The van der Waals surface area contributed by atoms with Crippen molar-refractivity contribution in [3.8, 4) is 0 Å². The lowest BCUT2D eigenvalue weighted by molar-refractivity contribution is 0.100. The SMILES string of the molecule is Cc1cc(C)c(CCc2nn(C3CC3)c3nc(Cl)cc(C(N)=O)c23)c(=O)[nH]1. The number of aromatic nitrogens is 4. The maximum atomic E-state index is 12.3. The molecule has 3 aromatic heterocycles. The second-order valence-corrected chi connectivity index (χ2v) is 7.51. The standard InChI is InChI=1S/C19H20ClN5O2/c1-9-7-10(2)22-19(27)12(9)5-6-14-16-13(17(21)26)8-15(20)23-18(16)25(24-14)11-3-4-11/h7-8,11H,3-6H2,1-2H3,(H2,21,26)(H,22,27). The molecule has 0 atom stereocenters. The normalized spacial score (nSPS) is 14.0. The van der Waals surface area contributed by atoms with E-state index in [2.05, 4.69) is 9.97 Å². The molecule has 27 heavy (non-hydrogen) atoms. The van der Waals surface area contributed by atoms with Crippen LogP contribution in [0.1, 0.15) is 51.8 Å². The van der Waals surface area contributed by atoms with E-state index in [1.54, 1.807) is 0 Å². The lowest BCUT2D eigenvalue weighted by Crippen LogP contribution is -2.16. The Labute approximate surface area is 160 Å². The summed E-state index contributed by atoms with van der Waals surface area (Å²) in [7, 11) is 0. The van der Waals surface area contributed by atoms with Crippen LogP contribution in [0.15, 0.2) is 16.9 Å². The number of nitrogens with two attached hydrogens (primary N) is 1. The van der Waals surface area contributed by atoms with Crippen LogP contribution in [0, 0.1) is 13.8 Å². The Kier molecular flexibility index (Phi) is 4.26. The molecule has 3 N–H and O–H groups in total. The van der Waals surface area contributed by atoms with Gasteiger partial charge in [-0.05, 0) is 57.2 Å². The summed E-state index contributed by atoms with van der Waals surface area (Å²) in [6, 6.07) is 3.71. The quantitative estimate of drug-likeness (QED) is 0.658. The maximum Gasteiger partial charge on any atom is 0.251 e. The number of aryl methyl sites for hydroxylation is 3. The highest BCUT2D eigenvalue weighted by atomic mass is 35.5. The van der Waals surface area contributed by atoms with Gasteiger partial charge >= 0.3 is 0 Å². The van der Waals surface area contributed by atoms with Gasteiger partial charge in [0.15, 0.2) is 5.65 Å². The molecule has 0 spiro atoms. The Hall–Kier alpha value is -2.67. The largest absolute Gasteiger partial charge is 0.366 e. The van der Waals surface area contributed by atoms with E-state index in [1.165, 1.54) is 6.07 Å². The molecular weight excluding hydrogens is 366 g/mol. The number of H-pyrrole nitrogens is 1. The van der Waals surface area contributed by atoms with Crippen LogP contribution < -0.4 is 11.3 Å². The topological polar surface area (TPSA) is 107 Å². The van der Waals surface area contributed by atoms with Crippen molar-refractivity contribution in [3.63, 3.8) is 0 Å². The predicted octanol–water partition coefficient (Wildman–Crippen LogP) is 2.61. The number of carbonyl (C=O) groups is 1. The minimum Gasteiger partial charge on any atom is -0.366 e. The molecule has 0 unspecified atom stereocenters. The number of primary amides is 1. The first-order valence-electron chi connectivity index (χ1n) is 8.92. The first-order valence-corrected chi connectivity index (χ1v) is 9.29. The van der Waals surface area contributed by atoms with Crippen molar-refractivity contribution in [2.24, 2.45) is 5.73 Å². The van der Waals surface area contributed by atoms with Gasteiger partial charge in [0.1, 0.15) is 5.15 Å². The molecule has 0 saturated heterocycles. The van der Waals surface area contributed by atoms with E-state index in [-0.39, 0.29) is 16.8 Å². The van der Waals surface area contributed by atoms with Gasteiger partial charge in [0, 0.05) is 11.3 Å². The summed E-state index contributed by atoms with van der Waals surface area (Å²) in [4.78, 5) is 31.5. The number of carbonyl (C=O) groups excluding carboxylic acids is 1. The van der Waals surface area contributed by atoms with Crippen LogP contribution in [0.5, 0.6) is 0 Å². The van der Waals surface area contributed by atoms with Crippen molar-refractivity contribution in [2.45, 2.75) is 45.6 Å². The molecule has 140 valence electrons. The van der Waals surface area contributed by atoms with E-state index in [4.69, 9.17) is 22.4 Å².